The molecule has 0 aromatic carbocycles. The van der Waals surface area contributed by atoms with E-state index in [-0.39, 0.29) is 12.2 Å². The third-order valence-corrected chi connectivity index (χ3v) is 3.58. The van der Waals surface area contributed by atoms with Gasteiger partial charge < -0.3 is 10.4 Å². The van der Waals surface area contributed by atoms with Gasteiger partial charge in [-0.25, -0.2) is 4.79 Å². The summed E-state index contributed by atoms with van der Waals surface area (Å²) in [5, 5.41) is 11.1. The Kier molecular flexibility index (Phi) is 4.83. The average molecular weight is 320 g/mol. The number of Topliss-reactive ketones (excluding diaryl/α,β-unsaturated/α-hetero) is 1. The molecule has 7 heteroatoms. The summed E-state index contributed by atoms with van der Waals surface area (Å²) in [5.41, 5.74) is 0. The van der Waals surface area contributed by atoms with E-state index in [0.29, 0.717) is 4.88 Å². The van der Waals surface area contributed by atoms with Gasteiger partial charge in [0, 0.05) is 13.3 Å². The topological polar surface area (TPSA) is 83.5 Å². The third-order valence-electron chi connectivity index (χ3n) is 1.91. The zero-order valence-electron chi connectivity index (χ0n) is 8.90. The molecule has 0 spiro atoms. The summed E-state index contributed by atoms with van der Waals surface area (Å²) in [5.74, 6) is -2.00. The maximum atomic E-state index is 11.7. The molecule has 0 radical (unpaired) electrons. The van der Waals surface area contributed by atoms with E-state index in [4.69, 9.17) is 5.11 Å². The van der Waals surface area contributed by atoms with Gasteiger partial charge in [-0.05, 0) is 28.1 Å². The first-order valence-electron chi connectivity index (χ1n) is 4.68. The Morgan fingerprint density at radius 2 is 2.12 bits per heavy atom. The molecule has 0 aliphatic carbocycles. The highest BCUT2D eigenvalue weighted by Gasteiger charge is 2.23. The van der Waals surface area contributed by atoms with Crippen LogP contribution in [0.2, 0.25) is 0 Å². The lowest BCUT2D eigenvalue weighted by Crippen LogP contribution is -2.41. The Hall–Kier alpha value is -1.21. The number of hydrogen-bond donors (Lipinski definition) is 2. The van der Waals surface area contributed by atoms with E-state index in [0.717, 1.165) is 3.79 Å². The fourth-order valence-corrected chi connectivity index (χ4v) is 2.53. The predicted octanol–water partition coefficient (Wildman–Crippen LogP) is 1.67. The zero-order chi connectivity index (χ0) is 13.0. The lowest BCUT2D eigenvalue weighted by molar-refractivity contribution is -0.141. The SMILES string of the molecule is CC(=O)NC(CC(=O)c1ccc(Br)s1)C(=O)O. The van der Waals surface area contributed by atoms with Crippen molar-refractivity contribution in [3.63, 3.8) is 0 Å². The Balaban J connectivity index is 2.70. The highest BCUT2D eigenvalue weighted by Crippen LogP contribution is 2.23. The van der Waals surface area contributed by atoms with Crippen molar-refractivity contribution < 1.29 is 19.5 Å². The first-order chi connectivity index (χ1) is 7.90. The van der Waals surface area contributed by atoms with E-state index in [1.807, 2.05) is 0 Å². The number of hydrogen-bond acceptors (Lipinski definition) is 4. The number of rotatable bonds is 5. The highest BCUT2D eigenvalue weighted by molar-refractivity contribution is 9.11. The van der Waals surface area contributed by atoms with E-state index in [9.17, 15) is 14.4 Å². The smallest absolute Gasteiger partial charge is 0.326 e. The average Bonchev–Trinajstić information content (AvgIpc) is 2.63. The number of carbonyl (C=O) groups excluding carboxylic acids is 2. The molecule has 1 aromatic rings. The van der Waals surface area contributed by atoms with Crippen molar-refractivity contribution in [3.8, 4) is 0 Å². The molecule has 2 N–H and O–H groups in total. The number of aliphatic carboxylic acids is 1. The molecule has 0 saturated carbocycles. The van der Waals surface area contributed by atoms with Crippen LogP contribution in [0.3, 0.4) is 0 Å². The van der Waals surface area contributed by atoms with Gasteiger partial charge in [-0.1, -0.05) is 0 Å². The third kappa shape index (κ3) is 4.27. The number of amides is 1. The van der Waals surface area contributed by atoms with Crippen molar-refractivity contribution in [1.82, 2.24) is 5.32 Å². The molecule has 1 heterocycles. The summed E-state index contributed by atoms with van der Waals surface area (Å²) >= 11 is 4.45. The zero-order valence-corrected chi connectivity index (χ0v) is 11.3. The van der Waals surface area contributed by atoms with Crippen LogP contribution in [0.15, 0.2) is 15.9 Å². The lowest BCUT2D eigenvalue weighted by atomic mass is 10.1. The number of halogens is 1. The minimum Gasteiger partial charge on any atom is -0.480 e. The number of carbonyl (C=O) groups is 3. The van der Waals surface area contributed by atoms with Crippen LogP contribution in [0.5, 0.6) is 0 Å². The standard InChI is InChI=1S/C10H10BrNO4S/c1-5(13)12-6(10(15)16)4-7(14)8-2-3-9(11)17-8/h2-3,6H,4H2,1H3,(H,12,13)(H,15,16). The molecule has 17 heavy (non-hydrogen) atoms. The quantitative estimate of drug-likeness (QED) is 0.809. The van der Waals surface area contributed by atoms with Crippen LogP contribution in [0.25, 0.3) is 0 Å². The number of thiophene rings is 1. The van der Waals surface area contributed by atoms with Crippen molar-refractivity contribution >= 4 is 44.9 Å². The van der Waals surface area contributed by atoms with Gasteiger partial charge in [0.05, 0.1) is 8.66 Å². The Bertz CT molecular complexity index is 457. The molecule has 1 aromatic heterocycles. The van der Waals surface area contributed by atoms with Gasteiger partial charge in [-0.2, -0.15) is 0 Å². The minimum atomic E-state index is -1.22. The van der Waals surface area contributed by atoms with Gasteiger partial charge in [0.2, 0.25) is 5.91 Å². The number of nitrogens with one attached hydrogen (secondary N) is 1. The monoisotopic (exact) mass is 319 g/mol. The highest BCUT2D eigenvalue weighted by atomic mass is 79.9. The number of carboxylic acid groups (broad SMARTS) is 1. The maximum Gasteiger partial charge on any atom is 0.326 e. The van der Waals surface area contributed by atoms with Gasteiger partial charge in [0.1, 0.15) is 6.04 Å². The van der Waals surface area contributed by atoms with E-state index in [2.05, 4.69) is 21.2 Å². The molecular formula is C10H10BrNO4S. The van der Waals surface area contributed by atoms with Gasteiger partial charge in [0.15, 0.2) is 5.78 Å². The molecule has 1 unspecified atom stereocenters. The molecule has 0 aliphatic heterocycles. The molecule has 0 aliphatic rings. The van der Waals surface area contributed by atoms with Crippen LogP contribution in [-0.2, 0) is 9.59 Å². The first kappa shape index (κ1) is 13.9. The maximum absolute atomic E-state index is 11.7. The van der Waals surface area contributed by atoms with Crippen molar-refractivity contribution in [3.05, 3.63) is 20.8 Å². The Morgan fingerprint density at radius 1 is 1.47 bits per heavy atom. The molecule has 5 nitrogen and oxygen atoms in total. The van der Waals surface area contributed by atoms with Crippen molar-refractivity contribution in [2.45, 2.75) is 19.4 Å². The second kappa shape index (κ2) is 5.92. The molecule has 1 amide bonds. The van der Waals surface area contributed by atoms with Crippen LogP contribution in [0.4, 0.5) is 0 Å². The summed E-state index contributed by atoms with van der Waals surface area (Å²) in [6, 6.07) is 2.15. The largest absolute Gasteiger partial charge is 0.480 e. The van der Waals surface area contributed by atoms with Gasteiger partial charge >= 0.3 is 5.97 Å². The fourth-order valence-electron chi connectivity index (χ4n) is 1.20. The molecule has 0 bridgehead atoms. The normalized spacial score (nSPS) is 11.9. The molecule has 0 saturated heterocycles. The van der Waals surface area contributed by atoms with Crippen molar-refractivity contribution in [1.29, 1.82) is 0 Å². The second-order valence-corrected chi connectivity index (χ2v) is 5.79. The molecule has 1 atom stereocenters. The van der Waals surface area contributed by atoms with Crippen LogP contribution >= 0.6 is 27.3 Å². The Morgan fingerprint density at radius 3 is 2.53 bits per heavy atom. The molecule has 92 valence electrons. The van der Waals surface area contributed by atoms with Crippen LogP contribution in [-0.4, -0.2) is 28.8 Å². The van der Waals surface area contributed by atoms with E-state index < -0.39 is 17.9 Å². The summed E-state index contributed by atoms with van der Waals surface area (Å²) in [7, 11) is 0. The summed E-state index contributed by atoms with van der Waals surface area (Å²) in [6.45, 7) is 1.21. The summed E-state index contributed by atoms with van der Waals surface area (Å²) in [6.07, 6.45) is -0.248. The number of ketones is 1. The van der Waals surface area contributed by atoms with Gasteiger partial charge in [-0.3, -0.25) is 9.59 Å². The fraction of sp³-hybridized carbons (Fsp3) is 0.300. The molecule has 1 rings (SSSR count). The number of carboxylic acids is 1. The van der Waals surface area contributed by atoms with Crippen LogP contribution in [0.1, 0.15) is 23.0 Å². The summed E-state index contributed by atoms with van der Waals surface area (Å²) < 4.78 is 0.798. The van der Waals surface area contributed by atoms with E-state index in [1.165, 1.54) is 18.3 Å². The van der Waals surface area contributed by atoms with Crippen molar-refractivity contribution in [2.24, 2.45) is 0 Å². The molecular weight excluding hydrogens is 310 g/mol. The minimum absolute atomic E-state index is 0.248. The lowest BCUT2D eigenvalue weighted by Gasteiger charge is -2.11. The first-order valence-corrected chi connectivity index (χ1v) is 6.29. The second-order valence-electron chi connectivity index (χ2n) is 3.32. The van der Waals surface area contributed by atoms with E-state index in [1.54, 1.807) is 12.1 Å². The van der Waals surface area contributed by atoms with E-state index >= 15 is 0 Å². The molecule has 0 fully saturated rings. The predicted molar refractivity (Wildman–Crippen MR) is 66.2 cm³/mol. The van der Waals surface area contributed by atoms with Gasteiger partial charge in [-0.15, -0.1) is 11.3 Å². The van der Waals surface area contributed by atoms with Crippen LogP contribution in [0, 0.1) is 0 Å². The van der Waals surface area contributed by atoms with Crippen molar-refractivity contribution in [2.75, 3.05) is 0 Å². The van der Waals surface area contributed by atoms with Gasteiger partial charge in [0.25, 0.3) is 0 Å². The van der Waals surface area contributed by atoms with Crippen LogP contribution < -0.4 is 5.32 Å². The Labute approximate surface area is 110 Å². The summed E-state index contributed by atoms with van der Waals surface area (Å²) in [4.78, 5) is 33.8.